The van der Waals surface area contributed by atoms with E-state index in [0.717, 1.165) is 23.3 Å². The molecule has 7 heteroatoms. The molecule has 0 N–H and O–H groups in total. The third kappa shape index (κ3) is 6.05. The van der Waals surface area contributed by atoms with Crippen molar-refractivity contribution in [1.29, 1.82) is 0 Å². The van der Waals surface area contributed by atoms with E-state index >= 15 is 0 Å². The van der Waals surface area contributed by atoms with Gasteiger partial charge in [-0.2, -0.15) is 0 Å². The number of ether oxygens (including phenoxy) is 2. The van der Waals surface area contributed by atoms with Gasteiger partial charge < -0.3 is 13.9 Å². The Hall–Kier alpha value is -1.05. The van der Waals surface area contributed by atoms with Gasteiger partial charge in [0.25, 0.3) is 0 Å². The maximum atomic E-state index is 13.3. The lowest BCUT2D eigenvalue weighted by molar-refractivity contribution is -0.169. The van der Waals surface area contributed by atoms with Crippen LogP contribution in [0.5, 0.6) is 0 Å². The largest absolute Gasteiger partial charge is 0.458 e. The van der Waals surface area contributed by atoms with Crippen molar-refractivity contribution >= 4 is 32.0 Å². The SMILES string of the molecule is CC(C)(C)OC(=O)C1(C(=O)OC(C)(C)C)C=CC2=C(CCC2O[Si](C)(C)C(C)(C)C)S1. The van der Waals surface area contributed by atoms with Crippen LogP contribution in [0.2, 0.25) is 18.1 Å². The Morgan fingerprint density at radius 1 is 0.968 bits per heavy atom. The smallest absolute Gasteiger partial charge is 0.338 e. The highest BCUT2D eigenvalue weighted by Gasteiger charge is 2.54. The Labute approximate surface area is 193 Å². The standard InChI is InChI=1S/C24H40O5SSi/c1-21(2,3)27-19(25)24(20(26)28-22(4,5)6)15-14-16-17(12-13-18(16)30-24)29-31(10,11)23(7,8)9/h14-15,17H,12-13H2,1-11H3. The Bertz CT molecular complexity index is 762. The summed E-state index contributed by atoms with van der Waals surface area (Å²) in [6.45, 7) is 22.0. The lowest BCUT2D eigenvalue weighted by Crippen LogP contribution is -2.49. The first-order valence-electron chi connectivity index (χ1n) is 11.0. The van der Waals surface area contributed by atoms with Crippen molar-refractivity contribution in [2.75, 3.05) is 0 Å². The second-order valence-electron chi connectivity index (χ2n) is 12.0. The fraction of sp³-hybridized carbons (Fsp3) is 0.750. The van der Waals surface area contributed by atoms with E-state index in [1.54, 1.807) is 47.6 Å². The topological polar surface area (TPSA) is 61.8 Å². The summed E-state index contributed by atoms with van der Waals surface area (Å²) >= 11 is 1.26. The van der Waals surface area contributed by atoms with E-state index < -0.39 is 36.2 Å². The lowest BCUT2D eigenvalue weighted by Gasteiger charge is -2.39. The molecular weight excluding hydrogens is 428 g/mol. The van der Waals surface area contributed by atoms with Gasteiger partial charge in [-0.3, -0.25) is 0 Å². The van der Waals surface area contributed by atoms with E-state index in [1.165, 1.54) is 11.8 Å². The minimum atomic E-state index is -1.95. The average molecular weight is 469 g/mol. The fourth-order valence-corrected chi connectivity index (χ4v) is 5.77. The van der Waals surface area contributed by atoms with E-state index in [0.29, 0.717) is 0 Å². The molecule has 2 aliphatic rings. The Balaban J connectivity index is 2.36. The minimum Gasteiger partial charge on any atom is -0.458 e. The van der Waals surface area contributed by atoms with Crippen LogP contribution >= 0.6 is 11.8 Å². The van der Waals surface area contributed by atoms with Gasteiger partial charge in [0.15, 0.2) is 8.32 Å². The first-order valence-corrected chi connectivity index (χ1v) is 14.8. The summed E-state index contributed by atoms with van der Waals surface area (Å²) in [5.74, 6) is -1.17. The van der Waals surface area contributed by atoms with Gasteiger partial charge in [0, 0.05) is 0 Å². The maximum absolute atomic E-state index is 13.3. The molecule has 0 fully saturated rings. The van der Waals surface area contributed by atoms with Gasteiger partial charge in [-0.1, -0.05) is 38.6 Å². The molecule has 176 valence electrons. The van der Waals surface area contributed by atoms with Crippen molar-refractivity contribution in [3.05, 3.63) is 22.6 Å². The van der Waals surface area contributed by atoms with Gasteiger partial charge in [-0.05, 0) is 89.1 Å². The first kappa shape index (κ1) is 26.2. The highest BCUT2D eigenvalue weighted by atomic mass is 32.2. The summed E-state index contributed by atoms with van der Waals surface area (Å²) in [7, 11) is -1.95. The lowest BCUT2D eigenvalue weighted by atomic mass is 10.0. The van der Waals surface area contributed by atoms with Crippen molar-refractivity contribution < 1.29 is 23.5 Å². The molecule has 0 spiro atoms. The van der Waals surface area contributed by atoms with Gasteiger partial charge in [-0.15, -0.1) is 0 Å². The van der Waals surface area contributed by atoms with Crippen LogP contribution in [-0.2, 0) is 23.5 Å². The summed E-state index contributed by atoms with van der Waals surface area (Å²) < 4.78 is 16.4. The summed E-state index contributed by atoms with van der Waals surface area (Å²) in [6.07, 6.45) is 5.18. The number of esters is 2. The molecule has 1 atom stereocenters. The zero-order valence-electron chi connectivity index (χ0n) is 21.1. The molecule has 0 aromatic carbocycles. The number of thioether (sulfide) groups is 1. The Morgan fingerprint density at radius 2 is 1.45 bits per heavy atom. The molecular formula is C24H40O5SSi. The van der Waals surface area contributed by atoms with Crippen molar-refractivity contribution in [1.82, 2.24) is 0 Å². The molecule has 0 amide bonds. The summed E-state index contributed by atoms with van der Waals surface area (Å²) in [4.78, 5) is 27.5. The molecule has 5 nitrogen and oxygen atoms in total. The van der Waals surface area contributed by atoms with Crippen LogP contribution in [0, 0.1) is 0 Å². The highest BCUT2D eigenvalue weighted by molar-refractivity contribution is 8.06. The Kier molecular flexibility index (Phi) is 7.08. The summed E-state index contributed by atoms with van der Waals surface area (Å²) in [6, 6.07) is 0. The molecule has 0 aromatic rings. The second-order valence-corrected chi connectivity index (χ2v) is 18.1. The van der Waals surface area contributed by atoms with Crippen molar-refractivity contribution in [3.63, 3.8) is 0 Å². The van der Waals surface area contributed by atoms with E-state index in [2.05, 4.69) is 33.9 Å². The van der Waals surface area contributed by atoms with Gasteiger partial charge in [0.05, 0.1) is 6.10 Å². The molecule has 1 aliphatic heterocycles. The van der Waals surface area contributed by atoms with Crippen LogP contribution in [0.4, 0.5) is 0 Å². The molecule has 1 unspecified atom stereocenters. The predicted octanol–water partition coefficient (Wildman–Crippen LogP) is 6.15. The third-order valence-electron chi connectivity index (χ3n) is 5.73. The second kappa shape index (κ2) is 8.38. The molecule has 0 bridgehead atoms. The molecule has 31 heavy (non-hydrogen) atoms. The monoisotopic (exact) mass is 468 g/mol. The number of hydrogen-bond donors (Lipinski definition) is 0. The normalized spacial score (nSPS) is 21.7. The molecule has 0 radical (unpaired) electrons. The fourth-order valence-electron chi connectivity index (χ4n) is 3.15. The summed E-state index contributed by atoms with van der Waals surface area (Å²) in [5.41, 5.74) is -0.338. The van der Waals surface area contributed by atoms with E-state index in [-0.39, 0.29) is 11.1 Å². The predicted molar refractivity (Wildman–Crippen MR) is 129 cm³/mol. The zero-order valence-corrected chi connectivity index (χ0v) is 22.9. The van der Waals surface area contributed by atoms with Crippen LogP contribution in [0.15, 0.2) is 22.6 Å². The molecule has 1 heterocycles. The van der Waals surface area contributed by atoms with Crippen molar-refractivity contribution in [2.24, 2.45) is 0 Å². The van der Waals surface area contributed by atoms with Crippen LogP contribution in [0.1, 0.15) is 75.2 Å². The van der Waals surface area contributed by atoms with Gasteiger partial charge in [-0.25, -0.2) is 9.59 Å². The first-order chi connectivity index (χ1) is 13.8. The van der Waals surface area contributed by atoms with Crippen LogP contribution in [-0.4, -0.2) is 42.3 Å². The molecule has 0 aromatic heterocycles. The van der Waals surface area contributed by atoms with Crippen LogP contribution in [0.25, 0.3) is 0 Å². The number of carbonyl (C=O) groups is 2. The number of allylic oxidation sites excluding steroid dienone is 1. The van der Waals surface area contributed by atoms with Gasteiger partial charge in [0.2, 0.25) is 4.75 Å². The average Bonchev–Trinajstić information content (AvgIpc) is 2.91. The maximum Gasteiger partial charge on any atom is 0.338 e. The van der Waals surface area contributed by atoms with E-state index in [1.807, 2.05) is 6.08 Å². The number of carbonyl (C=O) groups excluding carboxylic acids is 2. The molecule has 2 rings (SSSR count). The molecule has 0 saturated heterocycles. The summed E-state index contributed by atoms with van der Waals surface area (Å²) in [5, 5.41) is 0.110. The minimum absolute atomic E-state index is 0.00471. The number of hydrogen-bond acceptors (Lipinski definition) is 6. The van der Waals surface area contributed by atoms with E-state index in [4.69, 9.17) is 13.9 Å². The van der Waals surface area contributed by atoms with Crippen molar-refractivity contribution in [2.45, 2.75) is 115 Å². The van der Waals surface area contributed by atoms with Crippen LogP contribution < -0.4 is 0 Å². The molecule has 0 saturated carbocycles. The Morgan fingerprint density at radius 3 is 1.87 bits per heavy atom. The van der Waals surface area contributed by atoms with E-state index in [9.17, 15) is 9.59 Å². The third-order valence-corrected chi connectivity index (χ3v) is 11.7. The van der Waals surface area contributed by atoms with Gasteiger partial charge in [0.1, 0.15) is 11.2 Å². The van der Waals surface area contributed by atoms with Gasteiger partial charge >= 0.3 is 11.9 Å². The number of rotatable bonds is 4. The van der Waals surface area contributed by atoms with Crippen LogP contribution in [0.3, 0.4) is 0 Å². The molecule has 1 aliphatic carbocycles. The quantitative estimate of drug-likeness (QED) is 0.280. The highest BCUT2D eigenvalue weighted by Crippen LogP contribution is 2.50. The van der Waals surface area contributed by atoms with Crippen molar-refractivity contribution in [3.8, 4) is 0 Å². The zero-order chi connectivity index (χ0) is 24.0.